The minimum Gasteiger partial charge on any atom is -0.497 e. The molecule has 1 N–H and O–H groups in total. The summed E-state index contributed by atoms with van der Waals surface area (Å²) in [6, 6.07) is 12.1. The molecule has 26 heavy (non-hydrogen) atoms. The van der Waals surface area contributed by atoms with Crippen LogP contribution < -0.4 is 10.1 Å². The maximum Gasteiger partial charge on any atom is 0.169 e. The van der Waals surface area contributed by atoms with Crippen molar-refractivity contribution in [3.8, 4) is 5.75 Å². The Morgan fingerprint density at radius 1 is 1.19 bits per heavy atom. The van der Waals surface area contributed by atoms with Crippen LogP contribution in [0.15, 0.2) is 48.8 Å². The van der Waals surface area contributed by atoms with Gasteiger partial charge in [0.1, 0.15) is 5.75 Å². The van der Waals surface area contributed by atoms with Crippen molar-refractivity contribution in [2.75, 3.05) is 20.3 Å². The van der Waals surface area contributed by atoms with Gasteiger partial charge in [-0.05, 0) is 60.5 Å². The highest BCUT2D eigenvalue weighted by Crippen LogP contribution is 2.15. The molecule has 3 rings (SSSR count). The van der Waals surface area contributed by atoms with E-state index < -0.39 is 0 Å². The topological polar surface area (TPSA) is 46.6 Å². The van der Waals surface area contributed by atoms with Gasteiger partial charge in [0.15, 0.2) is 5.11 Å². The van der Waals surface area contributed by atoms with Gasteiger partial charge in [0.2, 0.25) is 0 Å². The highest BCUT2D eigenvalue weighted by Gasteiger charge is 2.17. The monoisotopic (exact) mass is 371 g/mol. The third-order valence-corrected chi connectivity index (χ3v) is 4.85. The second-order valence-corrected chi connectivity index (χ2v) is 6.77. The van der Waals surface area contributed by atoms with E-state index in [4.69, 9.17) is 21.7 Å². The molecule has 2 aromatic rings. The minimum atomic E-state index is 0.261. The lowest BCUT2D eigenvalue weighted by atomic mass is 10.2. The van der Waals surface area contributed by atoms with E-state index in [-0.39, 0.29) is 6.10 Å². The summed E-state index contributed by atoms with van der Waals surface area (Å²) in [5.41, 5.74) is 2.36. The molecule has 0 amide bonds. The normalized spacial score (nSPS) is 16.3. The quantitative estimate of drug-likeness (QED) is 0.755. The standard InChI is InChI=1S/C20H25N3O2S/c1-24-18-6-4-16(5-7-18)14-23(15-17-8-10-21-11-9-17)20(26)22-13-19-3-2-12-25-19/h4-11,19H,2-3,12-15H2,1H3,(H,22,26)/t19-/m0/s1. The van der Waals surface area contributed by atoms with Gasteiger partial charge in [0.05, 0.1) is 13.2 Å². The zero-order valence-corrected chi connectivity index (χ0v) is 15.9. The number of nitrogens with zero attached hydrogens (tertiary/aromatic N) is 2. The van der Waals surface area contributed by atoms with Crippen molar-refractivity contribution in [3.63, 3.8) is 0 Å². The predicted octanol–water partition coefficient (Wildman–Crippen LogP) is 3.15. The molecule has 5 nitrogen and oxygen atoms in total. The van der Waals surface area contributed by atoms with E-state index in [1.54, 1.807) is 7.11 Å². The van der Waals surface area contributed by atoms with Crippen LogP contribution in [0.25, 0.3) is 0 Å². The van der Waals surface area contributed by atoms with Crippen molar-refractivity contribution in [1.29, 1.82) is 0 Å². The van der Waals surface area contributed by atoms with Gasteiger partial charge in [-0.15, -0.1) is 0 Å². The van der Waals surface area contributed by atoms with Crippen molar-refractivity contribution in [1.82, 2.24) is 15.2 Å². The molecule has 1 aliphatic rings. The van der Waals surface area contributed by atoms with E-state index in [1.165, 1.54) is 11.1 Å². The summed E-state index contributed by atoms with van der Waals surface area (Å²) in [6.07, 6.45) is 6.11. The number of nitrogens with one attached hydrogen (secondary N) is 1. The number of rotatable bonds is 7. The summed E-state index contributed by atoms with van der Waals surface area (Å²) < 4.78 is 10.9. The highest BCUT2D eigenvalue weighted by molar-refractivity contribution is 7.80. The lowest BCUT2D eigenvalue weighted by Crippen LogP contribution is -2.41. The van der Waals surface area contributed by atoms with Gasteiger partial charge in [-0.2, -0.15) is 0 Å². The first-order valence-corrected chi connectivity index (χ1v) is 9.31. The molecule has 1 fully saturated rings. The second kappa shape index (κ2) is 9.50. The van der Waals surface area contributed by atoms with Crippen LogP contribution in [0.5, 0.6) is 5.75 Å². The zero-order chi connectivity index (χ0) is 18.2. The molecule has 0 saturated carbocycles. The fourth-order valence-corrected chi connectivity index (χ4v) is 3.19. The van der Waals surface area contributed by atoms with Gasteiger partial charge in [0, 0.05) is 38.6 Å². The van der Waals surface area contributed by atoms with E-state index in [0.717, 1.165) is 49.9 Å². The van der Waals surface area contributed by atoms with Crippen molar-refractivity contribution in [2.45, 2.75) is 32.0 Å². The Labute approximate surface area is 160 Å². The molecular weight excluding hydrogens is 346 g/mol. The van der Waals surface area contributed by atoms with Gasteiger partial charge in [-0.1, -0.05) is 12.1 Å². The third-order valence-electron chi connectivity index (χ3n) is 4.45. The Hall–Kier alpha value is -2.18. The molecule has 0 unspecified atom stereocenters. The summed E-state index contributed by atoms with van der Waals surface area (Å²) in [6.45, 7) is 3.07. The van der Waals surface area contributed by atoms with Crippen molar-refractivity contribution in [3.05, 3.63) is 59.9 Å². The Morgan fingerprint density at radius 3 is 2.50 bits per heavy atom. The number of methoxy groups -OCH3 is 1. The molecule has 1 aromatic carbocycles. The van der Waals surface area contributed by atoms with E-state index in [9.17, 15) is 0 Å². The van der Waals surface area contributed by atoms with Crippen LogP contribution in [0.2, 0.25) is 0 Å². The minimum absolute atomic E-state index is 0.261. The smallest absolute Gasteiger partial charge is 0.169 e. The van der Waals surface area contributed by atoms with Crippen molar-refractivity contribution in [2.24, 2.45) is 0 Å². The van der Waals surface area contributed by atoms with Crippen LogP contribution in [0.4, 0.5) is 0 Å². The summed E-state index contributed by atoms with van der Waals surface area (Å²) in [7, 11) is 1.68. The third kappa shape index (κ3) is 5.41. The van der Waals surface area contributed by atoms with E-state index in [2.05, 4.69) is 27.3 Å². The van der Waals surface area contributed by atoms with Crippen LogP contribution in [-0.2, 0) is 17.8 Å². The first-order valence-electron chi connectivity index (χ1n) is 8.91. The molecule has 1 aliphatic heterocycles. The summed E-state index contributed by atoms with van der Waals surface area (Å²) in [5, 5.41) is 4.12. The number of ether oxygens (including phenoxy) is 2. The second-order valence-electron chi connectivity index (χ2n) is 6.38. The molecule has 6 heteroatoms. The summed E-state index contributed by atoms with van der Waals surface area (Å²) >= 11 is 5.68. The molecule has 138 valence electrons. The molecular formula is C20H25N3O2S. The largest absolute Gasteiger partial charge is 0.497 e. The maximum absolute atomic E-state index is 5.68. The lowest BCUT2D eigenvalue weighted by Gasteiger charge is -2.27. The Morgan fingerprint density at radius 2 is 1.88 bits per heavy atom. The van der Waals surface area contributed by atoms with Crippen molar-refractivity contribution < 1.29 is 9.47 Å². The number of benzene rings is 1. The molecule has 2 heterocycles. The first kappa shape index (κ1) is 18.6. The summed E-state index contributed by atoms with van der Waals surface area (Å²) in [5.74, 6) is 0.855. The number of thiocarbonyl (C=S) groups is 1. The van der Waals surface area contributed by atoms with Crippen LogP contribution in [0.1, 0.15) is 24.0 Å². The molecule has 0 radical (unpaired) electrons. The lowest BCUT2D eigenvalue weighted by molar-refractivity contribution is 0.113. The SMILES string of the molecule is COc1ccc(CN(Cc2ccncc2)C(=S)NC[C@@H]2CCCO2)cc1. The van der Waals surface area contributed by atoms with Crippen LogP contribution >= 0.6 is 12.2 Å². The molecule has 0 aliphatic carbocycles. The molecule has 0 spiro atoms. The zero-order valence-electron chi connectivity index (χ0n) is 15.1. The molecule has 1 atom stereocenters. The predicted molar refractivity (Wildman–Crippen MR) is 106 cm³/mol. The van der Waals surface area contributed by atoms with Crippen molar-refractivity contribution >= 4 is 17.3 Å². The highest BCUT2D eigenvalue weighted by atomic mass is 32.1. The number of aromatic nitrogens is 1. The fraction of sp³-hybridized carbons (Fsp3) is 0.400. The Bertz CT molecular complexity index is 688. The molecule has 1 saturated heterocycles. The van der Waals surface area contributed by atoms with Crippen LogP contribution in [-0.4, -0.2) is 41.4 Å². The van der Waals surface area contributed by atoms with E-state index in [0.29, 0.717) is 0 Å². The first-order chi connectivity index (χ1) is 12.7. The Kier molecular flexibility index (Phi) is 6.80. The number of hydrogen-bond donors (Lipinski definition) is 1. The van der Waals surface area contributed by atoms with E-state index >= 15 is 0 Å². The molecule has 1 aromatic heterocycles. The van der Waals surface area contributed by atoms with Gasteiger partial charge in [0.25, 0.3) is 0 Å². The van der Waals surface area contributed by atoms with Gasteiger partial charge >= 0.3 is 0 Å². The van der Waals surface area contributed by atoms with E-state index in [1.807, 2.05) is 36.7 Å². The average molecular weight is 372 g/mol. The fourth-order valence-electron chi connectivity index (χ4n) is 2.98. The van der Waals surface area contributed by atoms with Gasteiger partial charge in [-0.25, -0.2) is 0 Å². The number of pyridine rings is 1. The summed E-state index contributed by atoms with van der Waals surface area (Å²) in [4.78, 5) is 6.26. The maximum atomic E-state index is 5.68. The van der Waals surface area contributed by atoms with Crippen LogP contribution in [0.3, 0.4) is 0 Å². The van der Waals surface area contributed by atoms with Crippen LogP contribution in [0, 0.1) is 0 Å². The average Bonchev–Trinajstić information content (AvgIpc) is 3.20. The number of hydrogen-bond acceptors (Lipinski definition) is 4. The van der Waals surface area contributed by atoms with Gasteiger partial charge in [-0.3, -0.25) is 4.98 Å². The molecule has 0 bridgehead atoms. The van der Waals surface area contributed by atoms with Gasteiger partial charge < -0.3 is 19.7 Å². The Balaban J connectivity index is 1.66.